The van der Waals surface area contributed by atoms with Crippen molar-refractivity contribution in [3.63, 3.8) is 0 Å². The molecule has 0 aromatic heterocycles. The van der Waals surface area contributed by atoms with E-state index in [9.17, 15) is 4.79 Å². The quantitative estimate of drug-likeness (QED) is 0.797. The van der Waals surface area contributed by atoms with Crippen molar-refractivity contribution in [2.24, 2.45) is 0 Å². The maximum atomic E-state index is 12.4. The van der Waals surface area contributed by atoms with Gasteiger partial charge in [0.2, 0.25) is 5.91 Å². The van der Waals surface area contributed by atoms with Crippen molar-refractivity contribution >= 4 is 36.4 Å². The highest BCUT2D eigenvalue weighted by Gasteiger charge is 2.28. The smallest absolute Gasteiger partial charge is 0.240 e. The molecular weight excluding hydrogens is 377 g/mol. The number of anilines is 1. The average Bonchev–Trinajstić information content (AvgIpc) is 2.61. The first-order chi connectivity index (χ1) is 11.6. The van der Waals surface area contributed by atoms with E-state index in [1.54, 1.807) is 0 Å². The number of amides is 1. The summed E-state index contributed by atoms with van der Waals surface area (Å²) in [7, 11) is 0. The molecule has 2 heterocycles. The van der Waals surface area contributed by atoms with Crippen LogP contribution in [-0.2, 0) is 20.8 Å². The number of halogens is 2. The third-order valence-corrected chi connectivity index (χ3v) is 4.64. The van der Waals surface area contributed by atoms with Crippen molar-refractivity contribution in [1.29, 1.82) is 0 Å². The molecule has 6 nitrogen and oxygen atoms in total. The molecule has 2 atom stereocenters. The molecule has 1 aromatic carbocycles. The summed E-state index contributed by atoms with van der Waals surface area (Å²) in [6.07, 6.45) is -0.101. The molecule has 0 bridgehead atoms. The minimum atomic E-state index is -0.281. The fourth-order valence-electron chi connectivity index (χ4n) is 3.24. The Morgan fingerprint density at radius 3 is 2.69 bits per heavy atom. The molecule has 148 valence electrons. The molecule has 0 spiro atoms. The number of ether oxygens (including phenoxy) is 2. The van der Waals surface area contributed by atoms with Crippen LogP contribution in [0.25, 0.3) is 0 Å². The van der Waals surface area contributed by atoms with Crippen molar-refractivity contribution in [2.75, 3.05) is 44.4 Å². The number of morpholine rings is 2. The van der Waals surface area contributed by atoms with Crippen molar-refractivity contribution in [3.8, 4) is 0 Å². The lowest BCUT2D eigenvalue weighted by atomic mass is 10.1. The van der Waals surface area contributed by atoms with E-state index in [-0.39, 0.29) is 42.9 Å². The largest absolute Gasteiger partial charge is 0.378 e. The molecule has 2 aliphatic heterocycles. The van der Waals surface area contributed by atoms with E-state index in [1.807, 2.05) is 6.92 Å². The van der Waals surface area contributed by atoms with E-state index in [1.165, 1.54) is 11.3 Å². The number of nitrogens with zero attached hydrogens (tertiary/aromatic N) is 1. The minimum Gasteiger partial charge on any atom is -0.378 e. The summed E-state index contributed by atoms with van der Waals surface area (Å²) in [6, 6.07) is 6.11. The van der Waals surface area contributed by atoms with Gasteiger partial charge in [-0.25, -0.2) is 0 Å². The number of carbonyl (C=O) groups excluding carboxylic acids is 1. The average molecular weight is 406 g/mol. The summed E-state index contributed by atoms with van der Waals surface area (Å²) < 4.78 is 11.0. The van der Waals surface area contributed by atoms with Crippen LogP contribution in [0.2, 0.25) is 0 Å². The molecule has 2 aliphatic rings. The van der Waals surface area contributed by atoms with Crippen molar-refractivity contribution in [2.45, 2.75) is 32.5 Å². The summed E-state index contributed by atoms with van der Waals surface area (Å²) in [5.41, 5.74) is 3.56. The van der Waals surface area contributed by atoms with E-state index < -0.39 is 0 Å². The molecule has 0 unspecified atom stereocenters. The van der Waals surface area contributed by atoms with Crippen molar-refractivity contribution in [3.05, 3.63) is 29.3 Å². The minimum absolute atomic E-state index is 0. The molecule has 3 rings (SSSR count). The van der Waals surface area contributed by atoms with Crippen LogP contribution < -0.4 is 15.5 Å². The number of hydrogen-bond donors (Lipinski definition) is 2. The first-order valence-corrected chi connectivity index (χ1v) is 8.70. The van der Waals surface area contributed by atoms with Gasteiger partial charge in [0.15, 0.2) is 0 Å². The second-order valence-corrected chi connectivity index (χ2v) is 6.46. The molecule has 0 saturated carbocycles. The second kappa shape index (κ2) is 10.9. The SMILES string of the molecule is Cc1ccc(CNC(=O)[C@H]2NCCO[C@@H]2C)c(N2CCOCC2)c1.Cl.Cl. The molecule has 0 radical (unpaired) electrons. The molecule has 1 aromatic rings. The molecule has 0 aliphatic carbocycles. The molecular formula is C18H29Cl2N3O3. The molecule has 26 heavy (non-hydrogen) atoms. The first kappa shape index (κ1) is 23.0. The summed E-state index contributed by atoms with van der Waals surface area (Å²) >= 11 is 0. The Morgan fingerprint density at radius 1 is 1.27 bits per heavy atom. The zero-order valence-corrected chi connectivity index (χ0v) is 17.0. The monoisotopic (exact) mass is 405 g/mol. The Kier molecular flexibility index (Phi) is 9.68. The zero-order valence-electron chi connectivity index (χ0n) is 15.3. The maximum Gasteiger partial charge on any atom is 0.240 e. The van der Waals surface area contributed by atoms with Crippen LogP contribution in [-0.4, -0.2) is 57.5 Å². The van der Waals surface area contributed by atoms with Gasteiger partial charge in [0, 0.05) is 31.9 Å². The lowest BCUT2D eigenvalue weighted by Gasteiger charge is -2.32. The Balaban J connectivity index is 0.00000169. The maximum absolute atomic E-state index is 12.4. The number of benzene rings is 1. The molecule has 2 N–H and O–H groups in total. The fraction of sp³-hybridized carbons (Fsp3) is 0.611. The predicted octanol–water partition coefficient (Wildman–Crippen LogP) is 1.67. The summed E-state index contributed by atoms with van der Waals surface area (Å²) in [4.78, 5) is 14.8. The molecule has 2 fully saturated rings. The van der Waals surface area contributed by atoms with Gasteiger partial charge in [-0.3, -0.25) is 4.79 Å². The highest BCUT2D eigenvalue weighted by atomic mass is 35.5. The fourth-order valence-corrected chi connectivity index (χ4v) is 3.24. The van der Waals surface area contributed by atoms with Crippen LogP contribution in [0.1, 0.15) is 18.1 Å². The number of nitrogens with one attached hydrogen (secondary N) is 2. The van der Waals surface area contributed by atoms with Gasteiger partial charge < -0.3 is 25.0 Å². The number of aryl methyl sites for hydroxylation is 1. The Labute approximate surface area is 167 Å². The van der Waals surface area contributed by atoms with Crippen LogP contribution in [0.15, 0.2) is 18.2 Å². The summed E-state index contributed by atoms with van der Waals surface area (Å²) in [5, 5.41) is 6.29. The van der Waals surface area contributed by atoms with Gasteiger partial charge in [0.1, 0.15) is 6.04 Å². The van der Waals surface area contributed by atoms with E-state index in [0.717, 1.165) is 31.9 Å². The van der Waals surface area contributed by atoms with Gasteiger partial charge in [-0.15, -0.1) is 24.8 Å². The third-order valence-electron chi connectivity index (χ3n) is 4.64. The van der Waals surface area contributed by atoms with Crippen LogP contribution >= 0.6 is 24.8 Å². The topological polar surface area (TPSA) is 62.8 Å². The van der Waals surface area contributed by atoms with E-state index in [0.29, 0.717) is 19.7 Å². The normalized spacial score (nSPS) is 22.8. The predicted molar refractivity (Wildman–Crippen MR) is 108 cm³/mol. The van der Waals surface area contributed by atoms with E-state index in [4.69, 9.17) is 9.47 Å². The van der Waals surface area contributed by atoms with Crippen LogP contribution in [0.4, 0.5) is 5.69 Å². The van der Waals surface area contributed by atoms with Crippen LogP contribution in [0.3, 0.4) is 0 Å². The standard InChI is InChI=1S/C18H27N3O3.2ClH/c1-13-3-4-15(16(11-13)21-6-9-23-10-7-21)12-20-18(22)17-14(2)24-8-5-19-17;;/h3-4,11,14,17,19H,5-10,12H2,1-2H3,(H,20,22);2*1H/t14-,17+;;/m1../s1. The van der Waals surface area contributed by atoms with E-state index >= 15 is 0 Å². The molecule has 1 amide bonds. The van der Waals surface area contributed by atoms with Crippen molar-refractivity contribution < 1.29 is 14.3 Å². The van der Waals surface area contributed by atoms with Crippen LogP contribution in [0, 0.1) is 6.92 Å². The Morgan fingerprint density at radius 2 is 2.00 bits per heavy atom. The van der Waals surface area contributed by atoms with Gasteiger partial charge in [0.05, 0.1) is 25.9 Å². The van der Waals surface area contributed by atoms with Crippen molar-refractivity contribution in [1.82, 2.24) is 10.6 Å². The van der Waals surface area contributed by atoms with Gasteiger partial charge in [0.25, 0.3) is 0 Å². The zero-order chi connectivity index (χ0) is 16.9. The first-order valence-electron chi connectivity index (χ1n) is 8.70. The van der Waals surface area contributed by atoms with Gasteiger partial charge in [-0.05, 0) is 31.0 Å². The van der Waals surface area contributed by atoms with Gasteiger partial charge >= 0.3 is 0 Å². The van der Waals surface area contributed by atoms with E-state index in [2.05, 4.69) is 40.7 Å². The summed E-state index contributed by atoms with van der Waals surface area (Å²) in [5.74, 6) is -0.00398. The highest BCUT2D eigenvalue weighted by molar-refractivity contribution is 5.85. The molecule has 2 saturated heterocycles. The van der Waals surface area contributed by atoms with Gasteiger partial charge in [-0.2, -0.15) is 0 Å². The lowest BCUT2D eigenvalue weighted by molar-refractivity contribution is -0.129. The molecule has 8 heteroatoms. The summed E-state index contributed by atoms with van der Waals surface area (Å²) in [6.45, 7) is 9.20. The van der Waals surface area contributed by atoms with Crippen LogP contribution in [0.5, 0.6) is 0 Å². The number of hydrogen-bond acceptors (Lipinski definition) is 5. The highest BCUT2D eigenvalue weighted by Crippen LogP contribution is 2.23. The number of carbonyl (C=O) groups is 1. The number of rotatable bonds is 4. The Bertz CT molecular complexity index is 583. The Hall–Kier alpha value is -1.05. The lowest BCUT2D eigenvalue weighted by Crippen LogP contribution is -2.55. The van der Waals surface area contributed by atoms with Gasteiger partial charge in [-0.1, -0.05) is 12.1 Å². The third kappa shape index (κ3) is 5.72. The second-order valence-electron chi connectivity index (χ2n) is 6.46.